The van der Waals surface area contributed by atoms with Crippen LogP contribution in [0, 0.1) is 26.6 Å². The Balaban J connectivity index is 2.48. The maximum atomic E-state index is 13.1. The normalized spacial score (nSPS) is 10.4. The van der Waals surface area contributed by atoms with Crippen molar-refractivity contribution in [1.82, 2.24) is 10.2 Å². The predicted molar refractivity (Wildman–Crippen MR) is 81.8 cm³/mol. The molecular weight excluding hydrogens is 275 g/mol. The maximum absolute atomic E-state index is 13.1. The highest BCUT2D eigenvalue weighted by Crippen LogP contribution is 2.24. The van der Waals surface area contributed by atoms with Gasteiger partial charge in [0, 0.05) is 5.69 Å². The minimum absolute atomic E-state index is 0.253. The first-order valence-electron chi connectivity index (χ1n) is 6.07. The van der Waals surface area contributed by atoms with Crippen LogP contribution in [0.4, 0.5) is 15.9 Å². The second kappa shape index (κ2) is 5.50. The van der Waals surface area contributed by atoms with E-state index in [-0.39, 0.29) is 10.8 Å². The zero-order chi connectivity index (χ0) is 14.9. The number of nitrogens with two attached hydrogens (primary N) is 1. The largest absolute Gasteiger partial charge is 0.389 e. The molecule has 1 heterocycles. The molecule has 3 N–H and O–H groups in total. The molecule has 2 rings (SSSR count). The van der Waals surface area contributed by atoms with Crippen molar-refractivity contribution >= 4 is 28.7 Å². The molecule has 4 nitrogen and oxygen atoms in total. The summed E-state index contributed by atoms with van der Waals surface area (Å²) in [6.07, 6.45) is 0. The number of hydrogen-bond acceptors (Lipinski definition) is 4. The Morgan fingerprint density at radius 1 is 1.25 bits per heavy atom. The van der Waals surface area contributed by atoms with Crippen molar-refractivity contribution in [2.75, 3.05) is 5.32 Å². The number of aromatic nitrogens is 2. The van der Waals surface area contributed by atoms with Gasteiger partial charge in [0.15, 0.2) is 5.82 Å². The third-order valence-electron chi connectivity index (χ3n) is 3.14. The van der Waals surface area contributed by atoms with Crippen LogP contribution in [0.25, 0.3) is 0 Å². The van der Waals surface area contributed by atoms with E-state index in [9.17, 15) is 4.39 Å². The fourth-order valence-corrected chi connectivity index (χ4v) is 2.14. The Morgan fingerprint density at radius 3 is 2.55 bits per heavy atom. The Kier molecular flexibility index (Phi) is 3.94. The average Bonchev–Trinajstić information content (AvgIpc) is 2.36. The highest BCUT2D eigenvalue weighted by molar-refractivity contribution is 7.80. The minimum atomic E-state index is -0.284. The third-order valence-corrected chi connectivity index (χ3v) is 3.35. The van der Waals surface area contributed by atoms with E-state index in [2.05, 4.69) is 15.5 Å². The van der Waals surface area contributed by atoms with Crippen LogP contribution in [0.3, 0.4) is 0 Å². The molecule has 104 valence electrons. The number of anilines is 2. The molecule has 0 radical (unpaired) electrons. The number of aryl methyl sites for hydroxylation is 2. The van der Waals surface area contributed by atoms with E-state index in [1.165, 1.54) is 12.1 Å². The molecule has 0 aliphatic heterocycles. The smallest absolute Gasteiger partial charge is 0.163 e. The van der Waals surface area contributed by atoms with Gasteiger partial charge in [-0.2, -0.15) is 5.10 Å². The molecule has 6 heteroatoms. The molecule has 0 spiro atoms. The van der Waals surface area contributed by atoms with E-state index in [0.29, 0.717) is 11.4 Å². The molecule has 1 aromatic heterocycles. The summed E-state index contributed by atoms with van der Waals surface area (Å²) in [6.45, 7) is 5.54. The van der Waals surface area contributed by atoms with Gasteiger partial charge in [-0.15, -0.1) is 5.10 Å². The van der Waals surface area contributed by atoms with Crippen LogP contribution in [0.15, 0.2) is 18.2 Å². The minimum Gasteiger partial charge on any atom is -0.389 e. The summed E-state index contributed by atoms with van der Waals surface area (Å²) in [5.41, 5.74) is 9.58. The number of nitrogens with zero attached hydrogens (tertiary/aromatic N) is 2. The molecule has 2 aromatic rings. The number of nitrogens with one attached hydrogen (secondary N) is 1. The molecule has 0 saturated heterocycles. The van der Waals surface area contributed by atoms with E-state index >= 15 is 0 Å². The lowest BCUT2D eigenvalue weighted by Gasteiger charge is -2.14. The first-order chi connectivity index (χ1) is 9.40. The maximum Gasteiger partial charge on any atom is 0.163 e. The Morgan fingerprint density at radius 2 is 1.95 bits per heavy atom. The summed E-state index contributed by atoms with van der Waals surface area (Å²) in [5, 5.41) is 11.3. The number of thiocarbonyl (C=S) groups is 1. The fraction of sp³-hybridized carbons (Fsp3) is 0.214. The first kappa shape index (κ1) is 14.3. The molecule has 0 unspecified atom stereocenters. The van der Waals surface area contributed by atoms with Gasteiger partial charge < -0.3 is 11.1 Å². The van der Waals surface area contributed by atoms with Gasteiger partial charge >= 0.3 is 0 Å². The summed E-state index contributed by atoms with van der Waals surface area (Å²) in [4.78, 5) is 0.253. The highest BCUT2D eigenvalue weighted by atomic mass is 32.1. The van der Waals surface area contributed by atoms with Gasteiger partial charge in [-0.1, -0.05) is 12.2 Å². The van der Waals surface area contributed by atoms with Gasteiger partial charge in [0.05, 0.1) is 11.3 Å². The summed E-state index contributed by atoms with van der Waals surface area (Å²) in [5.74, 6) is 0.198. The van der Waals surface area contributed by atoms with Gasteiger partial charge in [-0.25, -0.2) is 4.39 Å². The fourth-order valence-electron chi connectivity index (χ4n) is 1.89. The lowest BCUT2D eigenvalue weighted by Crippen LogP contribution is -2.17. The van der Waals surface area contributed by atoms with Gasteiger partial charge in [0.2, 0.25) is 0 Å². The van der Waals surface area contributed by atoms with Crippen molar-refractivity contribution in [3.63, 3.8) is 0 Å². The van der Waals surface area contributed by atoms with Crippen LogP contribution in [0.2, 0.25) is 0 Å². The van der Waals surface area contributed by atoms with E-state index in [1.807, 2.05) is 13.8 Å². The van der Waals surface area contributed by atoms with Gasteiger partial charge in [-0.3, -0.25) is 0 Å². The molecule has 0 amide bonds. The van der Waals surface area contributed by atoms with E-state index < -0.39 is 0 Å². The van der Waals surface area contributed by atoms with Crippen molar-refractivity contribution in [3.05, 3.63) is 46.4 Å². The number of rotatable bonds is 3. The monoisotopic (exact) mass is 290 g/mol. The van der Waals surface area contributed by atoms with Crippen molar-refractivity contribution in [2.24, 2.45) is 5.73 Å². The van der Waals surface area contributed by atoms with Gasteiger partial charge in [0.1, 0.15) is 10.8 Å². The number of benzene rings is 1. The summed E-state index contributed by atoms with van der Waals surface area (Å²) >= 11 is 5.08. The zero-order valence-electron chi connectivity index (χ0n) is 11.5. The molecule has 20 heavy (non-hydrogen) atoms. The van der Waals surface area contributed by atoms with Crippen LogP contribution >= 0.6 is 12.2 Å². The zero-order valence-corrected chi connectivity index (χ0v) is 12.3. The van der Waals surface area contributed by atoms with Crippen LogP contribution in [-0.2, 0) is 0 Å². The Labute approximate surface area is 122 Å². The van der Waals surface area contributed by atoms with Crippen molar-refractivity contribution in [3.8, 4) is 0 Å². The first-order valence-corrected chi connectivity index (χ1v) is 6.48. The second-order valence-corrected chi connectivity index (χ2v) is 5.02. The van der Waals surface area contributed by atoms with Crippen molar-refractivity contribution in [1.29, 1.82) is 0 Å². The molecular formula is C14H15FN4S. The predicted octanol–water partition coefficient (Wildman–Crippen LogP) is 2.92. The molecule has 0 atom stereocenters. The molecule has 0 aliphatic carbocycles. The number of hydrogen-bond donors (Lipinski definition) is 2. The van der Waals surface area contributed by atoms with Gasteiger partial charge in [-0.05, 0) is 50.1 Å². The third kappa shape index (κ3) is 2.75. The second-order valence-electron chi connectivity index (χ2n) is 4.58. The van der Waals surface area contributed by atoms with E-state index in [0.717, 1.165) is 22.5 Å². The van der Waals surface area contributed by atoms with Crippen LogP contribution < -0.4 is 11.1 Å². The SMILES string of the molecule is Cc1cc(F)ccc1Nc1nnc(C)c(C)c1C(N)=S. The molecule has 1 aromatic carbocycles. The summed E-state index contributed by atoms with van der Waals surface area (Å²) in [7, 11) is 0. The molecule has 0 saturated carbocycles. The Hall–Kier alpha value is -2.08. The molecule has 0 bridgehead atoms. The van der Waals surface area contributed by atoms with Crippen molar-refractivity contribution in [2.45, 2.75) is 20.8 Å². The lowest BCUT2D eigenvalue weighted by molar-refractivity contribution is 0.627. The number of halogens is 1. The van der Waals surface area contributed by atoms with Crippen LogP contribution in [0.1, 0.15) is 22.4 Å². The van der Waals surface area contributed by atoms with Crippen LogP contribution in [-0.4, -0.2) is 15.2 Å². The quantitative estimate of drug-likeness (QED) is 0.851. The topological polar surface area (TPSA) is 63.8 Å². The summed E-state index contributed by atoms with van der Waals surface area (Å²) in [6, 6.07) is 4.46. The lowest BCUT2D eigenvalue weighted by atomic mass is 10.1. The Bertz CT molecular complexity index is 685. The average molecular weight is 290 g/mol. The standard InChI is InChI=1S/C14H15FN4S/c1-7-6-10(15)4-5-11(7)17-14-12(13(16)20)8(2)9(3)18-19-14/h4-6H,1-3H3,(H2,16,20)(H,17,19). The van der Waals surface area contributed by atoms with E-state index in [1.54, 1.807) is 13.0 Å². The summed E-state index contributed by atoms with van der Waals surface area (Å²) < 4.78 is 13.1. The highest BCUT2D eigenvalue weighted by Gasteiger charge is 2.14. The molecule has 0 fully saturated rings. The van der Waals surface area contributed by atoms with Crippen LogP contribution in [0.5, 0.6) is 0 Å². The molecule has 0 aliphatic rings. The van der Waals surface area contributed by atoms with Gasteiger partial charge in [0.25, 0.3) is 0 Å². The van der Waals surface area contributed by atoms with E-state index in [4.69, 9.17) is 18.0 Å². The van der Waals surface area contributed by atoms with Crippen molar-refractivity contribution < 1.29 is 4.39 Å².